The fourth-order valence-corrected chi connectivity index (χ4v) is 3.38. The van der Waals surface area contributed by atoms with Crippen LogP contribution in [0.3, 0.4) is 0 Å². The SMILES string of the molecule is CCc1ccc([C@H](NC(=O)[C@H]2CNC(=O)N2)c2cccs2)cc1. The largest absolute Gasteiger partial charge is 0.343 e. The van der Waals surface area contributed by atoms with Crippen molar-refractivity contribution in [3.05, 3.63) is 57.8 Å². The molecule has 0 bridgehead atoms. The monoisotopic (exact) mass is 329 g/mol. The van der Waals surface area contributed by atoms with Crippen molar-refractivity contribution < 1.29 is 9.59 Å². The van der Waals surface area contributed by atoms with Crippen LogP contribution in [0.5, 0.6) is 0 Å². The number of carbonyl (C=O) groups excluding carboxylic acids is 2. The van der Waals surface area contributed by atoms with E-state index in [9.17, 15) is 9.59 Å². The van der Waals surface area contributed by atoms with E-state index in [0.29, 0.717) is 6.54 Å². The molecular weight excluding hydrogens is 310 g/mol. The first-order chi connectivity index (χ1) is 11.2. The number of benzene rings is 1. The summed E-state index contributed by atoms with van der Waals surface area (Å²) < 4.78 is 0. The fourth-order valence-electron chi connectivity index (χ4n) is 2.58. The Labute approximate surface area is 139 Å². The zero-order valence-corrected chi connectivity index (χ0v) is 13.7. The molecular formula is C17H19N3O2S. The van der Waals surface area contributed by atoms with Gasteiger partial charge in [0.25, 0.3) is 0 Å². The van der Waals surface area contributed by atoms with Crippen molar-refractivity contribution in [3.8, 4) is 0 Å². The van der Waals surface area contributed by atoms with Gasteiger partial charge in [-0.05, 0) is 29.0 Å². The molecule has 1 aromatic heterocycles. The molecule has 120 valence electrons. The molecule has 1 aliphatic rings. The quantitative estimate of drug-likeness (QED) is 0.787. The molecule has 1 aliphatic heterocycles. The minimum atomic E-state index is -0.528. The summed E-state index contributed by atoms with van der Waals surface area (Å²) in [5.74, 6) is -0.179. The molecule has 1 saturated heterocycles. The summed E-state index contributed by atoms with van der Waals surface area (Å²) in [7, 11) is 0. The number of hydrogen-bond donors (Lipinski definition) is 3. The van der Waals surface area contributed by atoms with Crippen LogP contribution < -0.4 is 16.0 Å². The molecule has 5 nitrogen and oxygen atoms in total. The second-order valence-electron chi connectivity index (χ2n) is 5.46. The Hall–Kier alpha value is -2.34. The van der Waals surface area contributed by atoms with Gasteiger partial charge in [-0.15, -0.1) is 11.3 Å². The summed E-state index contributed by atoms with van der Waals surface area (Å²) in [6, 6.07) is 11.2. The second-order valence-corrected chi connectivity index (χ2v) is 6.44. The molecule has 6 heteroatoms. The highest BCUT2D eigenvalue weighted by Crippen LogP contribution is 2.26. The number of hydrogen-bond acceptors (Lipinski definition) is 3. The molecule has 2 aromatic rings. The number of nitrogens with one attached hydrogen (secondary N) is 3. The van der Waals surface area contributed by atoms with Crippen LogP contribution in [0.15, 0.2) is 41.8 Å². The smallest absolute Gasteiger partial charge is 0.315 e. The lowest BCUT2D eigenvalue weighted by molar-refractivity contribution is -0.122. The second kappa shape index (κ2) is 6.83. The number of urea groups is 1. The van der Waals surface area contributed by atoms with Crippen molar-refractivity contribution >= 4 is 23.3 Å². The molecule has 2 heterocycles. The molecule has 0 radical (unpaired) electrons. The van der Waals surface area contributed by atoms with Crippen LogP contribution in [0.1, 0.15) is 29.0 Å². The van der Waals surface area contributed by atoms with Crippen LogP contribution in [-0.4, -0.2) is 24.5 Å². The zero-order chi connectivity index (χ0) is 16.2. The highest BCUT2D eigenvalue weighted by molar-refractivity contribution is 7.10. The van der Waals surface area contributed by atoms with Crippen LogP contribution in [0.25, 0.3) is 0 Å². The molecule has 3 rings (SSSR count). The van der Waals surface area contributed by atoms with Gasteiger partial charge in [-0.3, -0.25) is 4.79 Å². The molecule has 0 saturated carbocycles. The molecule has 2 atom stereocenters. The Morgan fingerprint density at radius 1 is 1.35 bits per heavy atom. The Morgan fingerprint density at radius 3 is 2.70 bits per heavy atom. The lowest BCUT2D eigenvalue weighted by Gasteiger charge is -2.20. The van der Waals surface area contributed by atoms with Gasteiger partial charge in [0.2, 0.25) is 5.91 Å². The molecule has 1 fully saturated rings. The maximum atomic E-state index is 12.4. The van der Waals surface area contributed by atoms with Gasteiger partial charge >= 0.3 is 6.03 Å². The Kier molecular flexibility index (Phi) is 4.62. The number of rotatable bonds is 5. The van der Waals surface area contributed by atoms with Gasteiger partial charge in [-0.25, -0.2) is 4.79 Å². The van der Waals surface area contributed by atoms with Gasteiger partial charge < -0.3 is 16.0 Å². The van der Waals surface area contributed by atoms with Crippen molar-refractivity contribution in [2.24, 2.45) is 0 Å². The standard InChI is InChI=1S/C17H19N3O2S/c1-2-11-5-7-12(8-6-11)15(14-4-3-9-23-14)20-16(21)13-10-18-17(22)19-13/h3-9,13,15H,2,10H2,1H3,(H,20,21)(H2,18,19,22)/t13-,15+/m1/s1. The van der Waals surface area contributed by atoms with Crippen molar-refractivity contribution in [1.29, 1.82) is 0 Å². The highest BCUT2D eigenvalue weighted by Gasteiger charge is 2.29. The fraction of sp³-hybridized carbons (Fsp3) is 0.294. The third kappa shape index (κ3) is 3.53. The summed E-state index contributed by atoms with van der Waals surface area (Å²) in [4.78, 5) is 24.7. The molecule has 0 aliphatic carbocycles. The van der Waals surface area contributed by atoms with E-state index >= 15 is 0 Å². The van der Waals surface area contributed by atoms with Gasteiger partial charge in [0.05, 0.1) is 6.04 Å². The van der Waals surface area contributed by atoms with Crippen LogP contribution in [0.2, 0.25) is 0 Å². The van der Waals surface area contributed by atoms with E-state index in [-0.39, 0.29) is 18.0 Å². The number of amides is 3. The van der Waals surface area contributed by atoms with Crippen LogP contribution in [0, 0.1) is 0 Å². The average Bonchev–Trinajstić information content (AvgIpc) is 3.24. The highest BCUT2D eigenvalue weighted by atomic mass is 32.1. The van der Waals surface area contributed by atoms with Crippen molar-refractivity contribution in [1.82, 2.24) is 16.0 Å². The van der Waals surface area contributed by atoms with Crippen LogP contribution in [0.4, 0.5) is 4.79 Å². The third-order valence-electron chi connectivity index (χ3n) is 3.92. The summed E-state index contributed by atoms with van der Waals surface area (Å²) in [5, 5.41) is 10.3. The third-order valence-corrected chi connectivity index (χ3v) is 4.86. The lowest BCUT2D eigenvalue weighted by Crippen LogP contribution is -2.44. The summed E-state index contributed by atoms with van der Waals surface area (Å²) in [5.41, 5.74) is 2.30. The van der Waals surface area contributed by atoms with E-state index in [4.69, 9.17) is 0 Å². The van der Waals surface area contributed by atoms with E-state index in [0.717, 1.165) is 16.9 Å². The van der Waals surface area contributed by atoms with E-state index in [1.807, 2.05) is 17.5 Å². The normalized spacial score (nSPS) is 18.1. The molecule has 3 N–H and O–H groups in total. The Balaban J connectivity index is 1.81. The van der Waals surface area contributed by atoms with E-state index < -0.39 is 6.04 Å². The number of thiophene rings is 1. The minimum absolute atomic E-state index is 0.179. The van der Waals surface area contributed by atoms with Crippen LogP contribution >= 0.6 is 11.3 Å². The van der Waals surface area contributed by atoms with Gasteiger partial charge in [0.15, 0.2) is 0 Å². The molecule has 23 heavy (non-hydrogen) atoms. The van der Waals surface area contributed by atoms with E-state index in [2.05, 4.69) is 47.1 Å². The van der Waals surface area contributed by atoms with Gasteiger partial charge in [-0.1, -0.05) is 37.3 Å². The predicted octanol–water partition coefficient (Wildman–Crippen LogP) is 2.20. The van der Waals surface area contributed by atoms with Crippen molar-refractivity contribution in [3.63, 3.8) is 0 Å². The van der Waals surface area contributed by atoms with Gasteiger partial charge in [0, 0.05) is 11.4 Å². The van der Waals surface area contributed by atoms with Crippen molar-refractivity contribution in [2.75, 3.05) is 6.54 Å². The van der Waals surface area contributed by atoms with E-state index in [1.54, 1.807) is 11.3 Å². The van der Waals surface area contributed by atoms with Crippen molar-refractivity contribution in [2.45, 2.75) is 25.4 Å². The summed E-state index contributed by atoms with van der Waals surface area (Å²) in [6.45, 7) is 2.43. The number of carbonyl (C=O) groups is 2. The maximum Gasteiger partial charge on any atom is 0.315 e. The first-order valence-electron chi connectivity index (χ1n) is 7.64. The lowest BCUT2D eigenvalue weighted by atomic mass is 10.0. The van der Waals surface area contributed by atoms with Gasteiger partial charge in [0.1, 0.15) is 6.04 Å². The van der Waals surface area contributed by atoms with Crippen LogP contribution in [-0.2, 0) is 11.2 Å². The summed E-state index contributed by atoms with van der Waals surface area (Å²) in [6.07, 6.45) is 0.982. The molecule has 3 amide bonds. The Morgan fingerprint density at radius 2 is 2.13 bits per heavy atom. The summed E-state index contributed by atoms with van der Waals surface area (Å²) >= 11 is 1.60. The first kappa shape index (κ1) is 15.6. The van der Waals surface area contributed by atoms with E-state index in [1.165, 1.54) is 5.56 Å². The average molecular weight is 329 g/mol. The first-order valence-corrected chi connectivity index (χ1v) is 8.52. The molecule has 0 unspecified atom stereocenters. The minimum Gasteiger partial charge on any atom is -0.343 e. The number of aryl methyl sites for hydroxylation is 1. The maximum absolute atomic E-state index is 12.4. The predicted molar refractivity (Wildman–Crippen MR) is 90.4 cm³/mol. The zero-order valence-electron chi connectivity index (χ0n) is 12.8. The molecule has 1 aromatic carbocycles. The topological polar surface area (TPSA) is 70.2 Å². The van der Waals surface area contributed by atoms with Gasteiger partial charge in [-0.2, -0.15) is 0 Å². The Bertz CT molecular complexity index is 682. The molecule has 0 spiro atoms.